The van der Waals surface area contributed by atoms with Crippen molar-refractivity contribution in [3.8, 4) is 0 Å². The van der Waals surface area contributed by atoms with Crippen LogP contribution < -0.4 is 0 Å². The zero-order valence-corrected chi connectivity index (χ0v) is 7.60. The van der Waals surface area contributed by atoms with Gasteiger partial charge in [0.1, 0.15) is 0 Å². The second kappa shape index (κ2) is 3.93. The van der Waals surface area contributed by atoms with Crippen LogP contribution in [0.3, 0.4) is 0 Å². The normalized spacial score (nSPS) is 31.5. The number of halogens is 1. The van der Waals surface area contributed by atoms with E-state index in [4.69, 9.17) is 5.11 Å². The van der Waals surface area contributed by atoms with Crippen LogP contribution >= 0.6 is 12.4 Å². The van der Waals surface area contributed by atoms with Gasteiger partial charge in [-0.2, -0.15) is 0 Å². The minimum atomic E-state index is -0.656. The van der Waals surface area contributed by atoms with Gasteiger partial charge in [-0.15, -0.1) is 12.4 Å². The van der Waals surface area contributed by atoms with Crippen LogP contribution in [-0.2, 0) is 4.79 Å². The Bertz CT molecular complexity index is 151. The highest BCUT2D eigenvalue weighted by Gasteiger charge is 2.32. The molecule has 0 bridgehead atoms. The Hall–Kier alpha value is -0.280. The first-order valence-corrected chi connectivity index (χ1v) is 3.56. The lowest BCUT2D eigenvalue weighted by molar-refractivity contribution is -0.142. The van der Waals surface area contributed by atoms with Crippen LogP contribution in [0.2, 0.25) is 0 Å². The van der Waals surface area contributed by atoms with Crippen LogP contribution in [0.4, 0.5) is 0 Å². The fourth-order valence-electron chi connectivity index (χ4n) is 1.42. The summed E-state index contributed by atoms with van der Waals surface area (Å²) in [6.45, 7) is 2.88. The highest BCUT2D eigenvalue weighted by Crippen LogP contribution is 2.21. The van der Waals surface area contributed by atoms with Gasteiger partial charge >= 0.3 is 5.97 Å². The molecule has 0 aromatic rings. The monoisotopic (exact) mass is 179 g/mol. The summed E-state index contributed by atoms with van der Waals surface area (Å²) >= 11 is 0. The second-order valence-electron chi connectivity index (χ2n) is 2.95. The fraction of sp³-hybridized carbons (Fsp3) is 0.857. The molecule has 66 valence electrons. The molecule has 3 nitrogen and oxygen atoms in total. The van der Waals surface area contributed by atoms with Crippen LogP contribution in [0, 0.1) is 5.92 Å². The van der Waals surface area contributed by atoms with E-state index in [0.717, 1.165) is 13.0 Å². The van der Waals surface area contributed by atoms with Gasteiger partial charge < -0.3 is 10.0 Å². The van der Waals surface area contributed by atoms with Gasteiger partial charge in [-0.1, -0.05) is 0 Å². The van der Waals surface area contributed by atoms with E-state index in [0.29, 0.717) is 0 Å². The van der Waals surface area contributed by atoms with Crippen molar-refractivity contribution in [3.63, 3.8) is 0 Å². The summed E-state index contributed by atoms with van der Waals surface area (Å²) in [4.78, 5) is 12.6. The van der Waals surface area contributed by atoms with Crippen molar-refractivity contribution in [1.82, 2.24) is 4.90 Å². The quantitative estimate of drug-likeness (QED) is 0.649. The predicted molar refractivity (Wildman–Crippen MR) is 45.1 cm³/mol. The predicted octanol–water partition coefficient (Wildman–Crippen LogP) is 0.833. The lowest BCUT2D eigenvalue weighted by atomic mass is 10.0. The van der Waals surface area contributed by atoms with E-state index in [-0.39, 0.29) is 24.4 Å². The molecular weight excluding hydrogens is 166 g/mol. The van der Waals surface area contributed by atoms with Gasteiger partial charge in [0.15, 0.2) is 0 Å². The number of nitrogens with zero attached hydrogens (tertiary/aromatic N) is 1. The Kier molecular flexibility index (Phi) is 3.83. The lowest BCUT2D eigenvalue weighted by Crippen LogP contribution is -2.29. The topological polar surface area (TPSA) is 40.5 Å². The minimum Gasteiger partial charge on any atom is -0.481 e. The van der Waals surface area contributed by atoms with E-state index in [1.165, 1.54) is 0 Å². The van der Waals surface area contributed by atoms with Gasteiger partial charge in [0.05, 0.1) is 5.92 Å². The van der Waals surface area contributed by atoms with E-state index in [9.17, 15) is 4.79 Å². The van der Waals surface area contributed by atoms with Gasteiger partial charge in [-0.3, -0.25) is 4.79 Å². The molecule has 0 aromatic heterocycles. The van der Waals surface area contributed by atoms with Gasteiger partial charge in [0, 0.05) is 6.04 Å². The van der Waals surface area contributed by atoms with Crippen molar-refractivity contribution in [3.05, 3.63) is 0 Å². The van der Waals surface area contributed by atoms with Crippen LogP contribution in [0.15, 0.2) is 0 Å². The second-order valence-corrected chi connectivity index (χ2v) is 2.95. The van der Waals surface area contributed by atoms with Crippen molar-refractivity contribution in [2.75, 3.05) is 13.6 Å². The molecule has 0 aliphatic carbocycles. The molecule has 0 spiro atoms. The smallest absolute Gasteiger partial charge is 0.308 e. The standard InChI is InChI=1S/C7H13NO2.ClH/c1-5-6(7(9)10)3-4-8(5)2;/h5-6H,3-4H2,1-2H3,(H,9,10);1H/t5-,6-;/m1./s1. The van der Waals surface area contributed by atoms with Crippen LogP contribution in [0.1, 0.15) is 13.3 Å². The number of likely N-dealkylation sites (tertiary alicyclic amines) is 1. The average Bonchev–Trinajstić information content (AvgIpc) is 2.14. The maximum absolute atomic E-state index is 10.5. The molecule has 1 aliphatic rings. The van der Waals surface area contributed by atoms with Crippen LogP contribution in [0.25, 0.3) is 0 Å². The molecule has 0 aromatic carbocycles. The summed E-state index contributed by atoms with van der Waals surface area (Å²) in [5.74, 6) is -0.804. The van der Waals surface area contributed by atoms with E-state index >= 15 is 0 Å². The van der Waals surface area contributed by atoms with Gasteiger partial charge in [0.2, 0.25) is 0 Å². The van der Waals surface area contributed by atoms with Crippen LogP contribution in [-0.4, -0.2) is 35.6 Å². The first-order chi connectivity index (χ1) is 4.63. The molecule has 1 fully saturated rings. The number of rotatable bonds is 1. The molecule has 0 saturated carbocycles. The maximum Gasteiger partial charge on any atom is 0.308 e. The Morgan fingerprint density at radius 2 is 2.18 bits per heavy atom. The third-order valence-corrected chi connectivity index (χ3v) is 2.39. The van der Waals surface area contributed by atoms with E-state index in [2.05, 4.69) is 4.90 Å². The molecule has 1 saturated heterocycles. The summed E-state index contributed by atoms with van der Waals surface area (Å²) < 4.78 is 0. The summed E-state index contributed by atoms with van der Waals surface area (Å²) in [6.07, 6.45) is 0.799. The zero-order chi connectivity index (χ0) is 7.72. The van der Waals surface area contributed by atoms with Crippen molar-refractivity contribution in [1.29, 1.82) is 0 Å². The lowest BCUT2D eigenvalue weighted by Gasteiger charge is -2.16. The molecule has 11 heavy (non-hydrogen) atoms. The highest BCUT2D eigenvalue weighted by atomic mass is 35.5. The number of aliphatic carboxylic acids is 1. The Morgan fingerprint density at radius 3 is 2.36 bits per heavy atom. The molecule has 1 rings (SSSR count). The summed E-state index contributed by atoms with van der Waals surface area (Å²) in [5.41, 5.74) is 0. The third-order valence-electron chi connectivity index (χ3n) is 2.39. The maximum atomic E-state index is 10.5. The summed E-state index contributed by atoms with van der Waals surface area (Å²) in [6, 6.07) is 0.206. The first-order valence-electron chi connectivity index (χ1n) is 3.56. The summed E-state index contributed by atoms with van der Waals surface area (Å²) in [7, 11) is 1.97. The Balaban J connectivity index is 0.000001000. The number of carboxylic acid groups (broad SMARTS) is 1. The van der Waals surface area contributed by atoms with Crippen molar-refractivity contribution in [2.45, 2.75) is 19.4 Å². The van der Waals surface area contributed by atoms with Gasteiger partial charge in [-0.05, 0) is 26.9 Å². The third kappa shape index (κ3) is 2.07. The molecule has 0 unspecified atom stereocenters. The van der Waals surface area contributed by atoms with Gasteiger partial charge in [0.25, 0.3) is 0 Å². The van der Waals surface area contributed by atoms with E-state index < -0.39 is 5.97 Å². The Labute approximate surface area is 72.8 Å². The number of hydrogen-bond acceptors (Lipinski definition) is 2. The largest absolute Gasteiger partial charge is 0.481 e. The molecule has 2 atom stereocenters. The molecule has 1 N–H and O–H groups in total. The average molecular weight is 180 g/mol. The zero-order valence-electron chi connectivity index (χ0n) is 6.78. The number of carboxylic acids is 1. The minimum absolute atomic E-state index is 0. The summed E-state index contributed by atoms with van der Waals surface area (Å²) in [5, 5.41) is 8.67. The fourth-order valence-corrected chi connectivity index (χ4v) is 1.42. The van der Waals surface area contributed by atoms with Gasteiger partial charge in [-0.25, -0.2) is 0 Å². The Morgan fingerprint density at radius 1 is 1.64 bits per heavy atom. The SMILES string of the molecule is C[C@@H]1[C@H](C(=O)O)CCN1C.Cl. The van der Waals surface area contributed by atoms with E-state index in [1.54, 1.807) is 0 Å². The van der Waals surface area contributed by atoms with E-state index in [1.807, 2.05) is 14.0 Å². The number of carbonyl (C=O) groups is 1. The van der Waals surface area contributed by atoms with Crippen LogP contribution in [0.5, 0.6) is 0 Å². The molecular formula is C7H14ClNO2. The van der Waals surface area contributed by atoms with Crippen molar-refractivity contribution in [2.24, 2.45) is 5.92 Å². The number of hydrogen-bond donors (Lipinski definition) is 1. The molecule has 0 amide bonds. The molecule has 4 heteroatoms. The molecule has 0 radical (unpaired) electrons. The molecule has 1 heterocycles. The van der Waals surface area contributed by atoms with Crippen molar-refractivity contribution >= 4 is 18.4 Å². The first kappa shape index (κ1) is 10.7. The highest BCUT2D eigenvalue weighted by molar-refractivity contribution is 5.85. The van der Waals surface area contributed by atoms with Crippen molar-refractivity contribution < 1.29 is 9.90 Å². The molecule has 1 aliphatic heterocycles.